The number of sulfonamides is 1. The smallest absolute Gasteiger partial charge is 0.207 e. The van der Waals surface area contributed by atoms with Gasteiger partial charge in [0.25, 0.3) is 0 Å². The van der Waals surface area contributed by atoms with Gasteiger partial charge >= 0.3 is 0 Å². The van der Waals surface area contributed by atoms with Crippen molar-refractivity contribution in [3.05, 3.63) is 30.1 Å². The molecule has 0 bridgehead atoms. The highest BCUT2D eigenvalue weighted by molar-refractivity contribution is 7.89. The molecular weight excluding hydrogens is 217 g/mol. The minimum atomic E-state index is -3.79. The molecule has 1 N–H and O–H groups in total. The van der Waals surface area contributed by atoms with Gasteiger partial charge in [-0.15, -0.1) is 5.92 Å². The highest BCUT2D eigenvalue weighted by Crippen LogP contribution is 2.12. The van der Waals surface area contributed by atoms with Gasteiger partial charge < -0.3 is 0 Å². The molecule has 0 unspecified atom stereocenters. The van der Waals surface area contributed by atoms with Gasteiger partial charge in [-0.3, -0.25) is 0 Å². The van der Waals surface area contributed by atoms with Gasteiger partial charge in [-0.05, 0) is 19.1 Å². The lowest BCUT2D eigenvalue weighted by atomic mass is 10.4. The van der Waals surface area contributed by atoms with E-state index in [9.17, 15) is 12.8 Å². The summed E-state index contributed by atoms with van der Waals surface area (Å²) in [5.41, 5.74) is 0. The Kier molecular flexibility index (Phi) is 3.83. The van der Waals surface area contributed by atoms with Gasteiger partial charge in [0.1, 0.15) is 10.7 Å². The van der Waals surface area contributed by atoms with E-state index in [4.69, 9.17) is 0 Å². The van der Waals surface area contributed by atoms with E-state index in [0.29, 0.717) is 0 Å². The van der Waals surface area contributed by atoms with E-state index in [2.05, 4.69) is 16.6 Å². The maximum Gasteiger partial charge on any atom is 0.244 e. The molecule has 0 spiro atoms. The Labute approximate surface area is 88.4 Å². The minimum Gasteiger partial charge on any atom is -0.207 e. The Morgan fingerprint density at radius 2 is 2.07 bits per heavy atom. The number of rotatable bonds is 3. The van der Waals surface area contributed by atoms with Crippen molar-refractivity contribution >= 4 is 10.0 Å². The van der Waals surface area contributed by atoms with Crippen molar-refractivity contribution in [2.45, 2.75) is 11.8 Å². The third-order valence-electron chi connectivity index (χ3n) is 1.65. The van der Waals surface area contributed by atoms with Crippen LogP contribution >= 0.6 is 0 Å². The number of nitrogens with one attached hydrogen (secondary N) is 1. The van der Waals surface area contributed by atoms with Crippen molar-refractivity contribution in [2.24, 2.45) is 0 Å². The van der Waals surface area contributed by atoms with Crippen LogP contribution in [0.4, 0.5) is 4.39 Å². The largest absolute Gasteiger partial charge is 0.244 e. The molecule has 0 aliphatic rings. The van der Waals surface area contributed by atoms with Crippen LogP contribution in [0.1, 0.15) is 6.92 Å². The molecule has 5 heteroatoms. The van der Waals surface area contributed by atoms with Crippen molar-refractivity contribution in [1.82, 2.24) is 4.72 Å². The highest BCUT2D eigenvalue weighted by atomic mass is 32.2. The van der Waals surface area contributed by atoms with E-state index in [1.54, 1.807) is 6.92 Å². The fourth-order valence-electron chi connectivity index (χ4n) is 0.960. The zero-order chi connectivity index (χ0) is 11.3. The molecule has 0 saturated carbocycles. The Morgan fingerprint density at radius 3 is 2.67 bits per heavy atom. The molecule has 0 aliphatic heterocycles. The van der Waals surface area contributed by atoms with Gasteiger partial charge in [-0.1, -0.05) is 18.1 Å². The molecule has 1 aromatic carbocycles. The van der Waals surface area contributed by atoms with Crippen molar-refractivity contribution in [3.63, 3.8) is 0 Å². The summed E-state index contributed by atoms with van der Waals surface area (Å²) in [6.45, 7) is 1.57. The first-order chi connectivity index (χ1) is 7.08. The van der Waals surface area contributed by atoms with Crippen LogP contribution in [0.3, 0.4) is 0 Å². The molecule has 0 heterocycles. The predicted octanol–water partition coefficient (Wildman–Crippen LogP) is 1.13. The normalized spacial score (nSPS) is 10.5. The fraction of sp³-hybridized carbons (Fsp3) is 0.200. The lowest BCUT2D eigenvalue weighted by molar-refractivity contribution is 0.560. The highest BCUT2D eigenvalue weighted by Gasteiger charge is 2.16. The maximum atomic E-state index is 13.1. The van der Waals surface area contributed by atoms with Crippen molar-refractivity contribution in [1.29, 1.82) is 0 Å². The topological polar surface area (TPSA) is 46.2 Å². The molecule has 0 amide bonds. The van der Waals surface area contributed by atoms with Crippen LogP contribution in [0.5, 0.6) is 0 Å². The zero-order valence-corrected chi connectivity index (χ0v) is 8.94. The molecule has 15 heavy (non-hydrogen) atoms. The van der Waals surface area contributed by atoms with Gasteiger partial charge in [-0.2, -0.15) is 4.72 Å². The standard InChI is InChI=1S/C10H10FNO2S/c1-2-3-8-12-15(13,14)10-7-5-4-6-9(10)11/h4-7,12H,8H2,1H3. The first-order valence-electron chi connectivity index (χ1n) is 4.22. The van der Waals surface area contributed by atoms with E-state index in [1.165, 1.54) is 18.2 Å². The summed E-state index contributed by atoms with van der Waals surface area (Å²) >= 11 is 0. The molecule has 0 fully saturated rings. The van der Waals surface area contributed by atoms with Gasteiger partial charge in [0.15, 0.2) is 0 Å². The first kappa shape index (κ1) is 11.7. The lowest BCUT2D eigenvalue weighted by Gasteiger charge is -2.04. The number of halogens is 1. The second-order valence-electron chi connectivity index (χ2n) is 2.68. The first-order valence-corrected chi connectivity index (χ1v) is 5.70. The van der Waals surface area contributed by atoms with E-state index in [-0.39, 0.29) is 11.4 Å². The van der Waals surface area contributed by atoms with Crippen LogP contribution in [0.15, 0.2) is 29.2 Å². The molecule has 0 atom stereocenters. The summed E-state index contributed by atoms with van der Waals surface area (Å²) in [5, 5.41) is 0. The van der Waals surface area contributed by atoms with Crippen LogP contribution < -0.4 is 4.72 Å². The summed E-state index contributed by atoms with van der Waals surface area (Å²) in [6.07, 6.45) is 0. The molecule has 1 rings (SSSR count). The Morgan fingerprint density at radius 1 is 1.40 bits per heavy atom. The monoisotopic (exact) mass is 227 g/mol. The molecule has 0 aromatic heterocycles. The number of hydrogen-bond donors (Lipinski definition) is 1. The SMILES string of the molecule is CC#CCNS(=O)(=O)c1ccccc1F. The van der Waals surface area contributed by atoms with Crippen LogP contribution in [-0.2, 0) is 10.0 Å². The third kappa shape index (κ3) is 3.05. The van der Waals surface area contributed by atoms with Gasteiger partial charge in [-0.25, -0.2) is 12.8 Å². The van der Waals surface area contributed by atoms with Crippen molar-refractivity contribution in [3.8, 4) is 11.8 Å². The third-order valence-corrected chi connectivity index (χ3v) is 3.09. The van der Waals surface area contributed by atoms with Crippen LogP contribution in [0, 0.1) is 17.7 Å². The second-order valence-corrected chi connectivity index (χ2v) is 4.42. The Bertz CT molecular complexity index is 500. The summed E-state index contributed by atoms with van der Waals surface area (Å²) in [7, 11) is -3.79. The van der Waals surface area contributed by atoms with Gasteiger partial charge in [0, 0.05) is 0 Å². The minimum absolute atomic E-state index is 0.0207. The van der Waals surface area contributed by atoms with E-state index >= 15 is 0 Å². The average Bonchev–Trinajstić information content (AvgIpc) is 2.18. The maximum absolute atomic E-state index is 13.1. The van der Waals surface area contributed by atoms with Crippen LogP contribution in [-0.4, -0.2) is 15.0 Å². The van der Waals surface area contributed by atoms with E-state index < -0.39 is 15.8 Å². The quantitative estimate of drug-likeness (QED) is 0.787. The second kappa shape index (κ2) is 4.91. The van der Waals surface area contributed by atoms with E-state index in [1.807, 2.05) is 0 Å². The molecule has 80 valence electrons. The summed E-state index contributed by atoms with van der Waals surface area (Å²) in [4.78, 5) is -0.358. The lowest BCUT2D eigenvalue weighted by Crippen LogP contribution is -2.24. The number of hydrogen-bond acceptors (Lipinski definition) is 2. The molecule has 3 nitrogen and oxygen atoms in total. The fourth-order valence-corrected chi connectivity index (χ4v) is 1.96. The zero-order valence-electron chi connectivity index (χ0n) is 8.12. The average molecular weight is 227 g/mol. The molecule has 0 saturated heterocycles. The molecular formula is C10H10FNO2S. The van der Waals surface area contributed by atoms with Gasteiger partial charge in [0.05, 0.1) is 6.54 Å². The Balaban J connectivity index is 2.95. The summed E-state index contributed by atoms with van der Waals surface area (Å²) in [5.74, 6) is 4.30. The summed E-state index contributed by atoms with van der Waals surface area (Å²) < 4.78 is 38.3. The molecule has 0 radical (unpaired) electrons. The van der Waals surface area contributed by atoms with E-state index in [0.717, 1.165) is 6.07 Å². The van der Waals surface area contributed by atoms with Gasteiger partial charge in [0.2, 0.25) is 10.0 Å². The van der Waals surface area contributed by atoms with Crippen LogP contribution in [0.25, 0.3) is 0 Å². The molecule has 1 aromatic rings. The Hall–Kier alpha value is -1.38. The van der Waals surface area contributed by atoms with Crippen molar-refractivity contribution < 1.29 is 12.8 Å². The number of benzene rings is 1. The van der Waals surface area contributed by atoms with Crippen LogP contribution in [0.2, 0.25) is 0 Å². The van der Waals surface area contributed by atoms with Crippen molar-refractivity contribution in [2.75, 3.05) is 6.54 Å². The predicted molar refractivity (Wildman–Crippen MR) is 55.0 cm³/mol. The summed E-state index contributed by atoms with van der Waals surface area (Å²) in [6, 6.07) is 5.19. The molecule has 0 aliphatic carbocycles.